The highest BCUT2D eigenvalue weighted by Gasteiger charge is 2.18. The number of nitrogens with zero attached hydrogens (tertiary/aromatic N) is 3. The van der Waals surface area contributed by atoms with Gasteiger partial charge >= 0.3 is 0 Å². The van der Waals surface area contributed by atoms with E-state index < -0.39 is 0 Å². The molecule has 1 aromatic heterocycles. The number of nitrogens with one attached hydrogen (secondary N) is 1. The van der Waals surface area contributed by atoms with Crippen LogP contribution in [-0.2, 0) is 17.9 Å². The van der Waals surface area contributed by atoms with Gasteiger partial charge in [0, 0.05) is 18.3 Å². The molecule has 6 nitrogen and oxygen atoms in total. The standard InChI is InChI=1S/C24H22N4O2/c1-26(19-12-6-3-7-13-19)23(30)17-28-21-15-9-8-14-20(21)27(24(28)25)16-22(29)18-10-4-2-5-11-18/h2-15,25H,16-17H2,1H3. The van der Waals surface area contributed by atoms with Crippen LogP contribution in [0.4, 0.5) is 5.69 Å². The molecule has 0 fully saturated rings. The van der Waals surface area contributed by atoms with Gasteiger partial charge in [-0.05, 0) is 24.3 Å². The fraction of sp³-hybridized carbons (Fsp3) is 0.125. The van der Waals surface area contributed by atoms with Crippen LogP contribution in [-0.4, -0.2) is 27.9 Å². The molecule has 0 radical (unpaired) electrons. The number of Topliss-reactive ketones (excluding diaryl/α,β-unsaturated/α-hetero) is 1. The third-order valence-corrected chi connectivity index (χ3v) is 5.18. The van der Waals surface area contributed by atoms with E-state index in [-0.39, 0.29) is 30.4 Å². The summed E-state index contributed by atoms with van der Waals surface area (Å²) in [7, 11) is 1.72. The molecule has 1 heterocycles. The van der Waals surface area contributed by atoms with E-state index in [2.05, 4.69) is 0 Å². The second kappa shape index (κ2) is 8.21. The Morgan fingerprint density at radius 2 is 1.27 bits per heavy atom. The molecule has 0 aliphatic rings. The molecule has 0 unspecified atom stereocenters. The zero-order valence-corrected chi connectivity index (χ0v) is 16.7. The van der Waals surface area contributed by atoms with Crippen molar-refractivity contribution in [3.63, 3.8) is 0 Å². The number of hydrogen-bond donors (Lipinski definition) is 1. The smallest absolute Gasteiger partial charge is 0.246 e. The lowest BCUT2D eigenvalue weighted by atomic mass is 10.1. The van der Waals surface area contributed by atoms with Gasteiger partial charge in [-0.15, -0.1) is 0 Å². The van der Waals surface area contributed by atoms with Gasteiger partial charge in [0.05, 0.1) is 17.6 Å². The number of aromatic nitrogens is 2. The Kier molecular flexibility index (Phi) is 5.30. The van der Waals surface area contributed by atoms with Crippen LogP contribution in [0.2, 0.25) is 0 Å². The Balaban J connectivity index is 1.68. The number of fused-ring (bicyclic) bond motifs is 1. The maximum atomic E-state index is 12.9. The first kappa shape index (κ1) is 19.4. The minimum atomic E-state index is -0.142. The van der Waals surface area contributed by atoms with Gasteiger partial charge in [-0.2, -0.15) is 0 Å². The van der Waals surface area contributed by atoms with Crippen molar-refractivity contribution < 1.29 is 9.59 Å². The molecule has 4 aromatic rings. The van der Waals surface area contributed by atoms with E-state index in [0.29, 0.717) is 5.56 Å². The Bertz CT molecular complexity index is 1260. The zero-order chi connectivity index (χ0) is 21.1. The number of hydrogen-bond acceptors (Lipinski definition) is 3. The molecular formula is C24H22N4O2. The van der Waals surface area contributed by atoms with Gasteiger partial charge in [0.2, 0.25) is 11.5 Å². The Morgan fingerprint density at radius 1 is 0.767 bits per heavy atom. The summed E-state index contributed by atoms with van der Waals surface area (Å²) in [6, 6.07) is 25.9. The van der Waals surface area contributed by atoms with Crippen LogP contribution in [0.15, 0.2) is 84.9 Å². The summed E-state index contributed by atoms with van der Waals surface area (Å²) >= 11 is 0. The average Bonchev–Trinajstić information content (AvgIpc) is 3.05. The molecular weight excluding hydrogens is 376 g/mol. The highest BCUT2D eigenvalue weighted by atomic mass is 16.2. The van der Waals surface area contributed by atoms with Crippen molar-refractivity contribution in [3.05, 3.63) is 96.1 Å². The van der Waals surface area contributed by atoms with E-state index in [1.807, 2.05) is 72.8 Å². The van der Waals surface area contributed by atoms with Crippen molar-refractivity contribution >= 4 is 28.4 Å². The lowest BCUT2D eigenvalue weighted by Crippen LogP contribution is -2.35. The van der Waals surface area contributed by atoms with Crippen LogP contribution >= 0.6 is 0 Å². The molecule has 6 heteroatoms. The molecule has 0 saturated carbocycles. The number of benzene rings is 3. The third-order valence-electron chi connectivity index (χ3n) is 5.18. The summed E-state index contributed by atoms with van der Waals surface area (Å²) in [4.78, 5) is 27.2. The Morgan fingerprint density at radius 3 is 1.87 bits per heavy atom. The first-order chi connectivity index (χ1) is 14.6. The van der Waals surface area contributed by atoms with Gasteiger partial charge in [0.15, 0.2) is 5.78 Å². The second-order valence-electron chi connectivity index (χ2n) is 7.06. The number of carbonyl (C=O) groups excluding carboxylic acids is 2. The van der Waals surface area contributed by atoms with E-state index in [0.717, 1.165) is 16.7 Å². The summed E-state index contributed by atoms with van der Waals surface area (Å²) in [6.07, 6.45) is 0. The van der Waals surface area contributed by atoms with Crippen molar-refractivity contribution in [2.75, 3.05) is 11.9 Å². The molecule has 0 spiro atoms. The SMILES string of the molecule is CN(C(=O)Cn1c(=N)n(CC(=O)c2ccccc2)c2ccccc21)c1ccccc1. The minimum Gasteiger partial charge on any atom is -0.314 e. The molecule has 0 atom stereocenters. The molecule has 0 bridgehead atoms. The van der Waals surface area contributed by atoms with Gasteiger partial charge in [-0.3, -0.25) is 15.0 Å². The first-order valence-corrected chi connectivity index (χ1v) is 9.69. The quantitative estimate of drug-likeness (QED) is 0.505. The number of ketones is 1. The molecule has 0 aliphatic heterocycles. The molecule has 1 amide bonds. The number of carbonyl (C=O) groups is 2. The Labute approximate surface area is 174 Å². The average molecular weight is 398 g/mol. The normalized spacial score (nSPS) is 10.8. The van der Waals surface area contributed by atoms with Crippen molar-refractivity contribution in [3.8, 4) is 0 Å². The Hall–Kier alpha value is -3.93. The summed E-state index contributed by atoms with van der Waals surface area (Å²) in [6.45, 7) is 0.0519. The maximum absolute atomic E-state index is 12.9. The zero-order valence-electron chi connectivity index (χ0n) is 16.7. The molecule has 0 saturated heterocycles. The first-order valence-electron chi connectivity index (χ1n) is 9.69. The van der Waals surface area contributed by atoms with E-state index in [1.54, 1.807) is 33.2 Å². The summed E-state index contributed by atoms with van der Waals surface area (Å²) in [5.41, 5.74) is 3.01. The minimum absolute atomic E-state index is 0.0112. The fourth-order valence-electron chi connectivity index (χ4n) is 3.51. The second-order valence-corrected chi connectivity index (χ2v) is 7.06. The van der Waals surface area contributed by atoms with Gasteiger partial charge in [-0.1, -0.05) is 60.7 Å². The molecule has 0 aliphatic carbocycles. The number of amides is 1. The van der Waals surface area contributed by atoms with Crippen molar-refractivity contribution in [1.82, 2.24) is 9.13 Å². The van der Waals surface area contributed by atoms with Crippen LogP contribution < -0.4 is 10.5 Å². The summed E-state index contributed by atoms with van der Waals surface area (Å²) in [5.74, 6) is -0.221. The lowest BCUT2D eigenvalue weighted by molar-refractivity contribution is -0.118. The molecule has 4 rings (SSSR count). The molecule has 1 N–H and O–H groups in total. The monoisotopic (exact) mass is 398 g/mol. The predicted octanol–water partition coefficient (Wildman–Crippen LogP) is 3.47. The van der Waals surface area contributed by atoms with Gasteiger partial charge in [0.1, 0.15) is 6.54 Å². The van der Waals surface area contributed by atoms with E-state index in [4.69, 9.17) is 5.41 Å². The third kappa shape index (κ3) is 3.67. The van der Waals surface area contributed by atoms with Crippen molar-refractivity contribution in [1.29, 1.82) is 5.41 Å². The van der Waals surface area contributed by atoms with Crippen LogP contribution in [0, 0.1) is 5.41 Å². The number of imidazole rings is 1. The summed E-state index contributed by atoms with van der Waals surface area (Å²) in [5, 5.41) is 8.67. The van der Waals surface area contributed by atoms with E-state index >= 15 is 0 Å². The number of rotatable bonds is 6. The summed E-state index contributed by atoms with van der Waals surface area (Å²) < 4.78 is 3.30. The topological polar surface area (TPSA) is 71.1 Å². The highest BCUT2D eigenvalue weighted by molar-refractivity contribution is 5.97. The molecule has 150 valence electrons. The van der Waals surface area contributed by atoms with Crippen LogP contribution in [0.25, 0.3) is 11.0 Å². The maximum Gasteiger partial charge on any atom is 0.246 e. The van der Waals surface area contributed by atoms with Crippen LogP contribution in [0.1, 0.15) is 10.4 Å². The van der Waals surface area contributed by atoms with E-state index in [9.17, 15) is 9.59 Å². The lowest BCUT2D eigenvalue weighted by Gasteiger charge is -2.17. The van der Waals surface area contributed by atoms with E-state index in [1.165, 1.54) is 0 Å². The largest absolute Gasteiger partial charge is 0.314 e. The predicted molar refractivity (Wildman–Crippen MR) is 116 cm³/mol. The fourth-order valence-corrected chi connectivity index (χ4v) is 3.51. The number of para-hydroxylation sites is 3. The van der Waals surface area contributed by atoms with Crippen molar-refractivity contribution in [2.45, 2.75) is 13.1 Å². The van der Waals surface area contributed by atoms with Crippen LogP contribution in [0.5, 0.6) is 0 Å². The van der Waals surface area contributed by atoms with Gasteiger partial charge < -0.3 is 14.0 Å². The molecule has 3 aromatic carbocycles. The van der Waals surface area contributed by atoms with Crippen LogP contribution in [0.3, 0.4) is 0 Å². The van der Waals surface area contributed by atoms with Gasteiger partial charge in [0.25, 0.3) is 0 Å². The molecule has 30 heavy (non-hydrogen) atoms. The number of anilines is 1. The number of likely N-dealkylation sites (N-methyl/N-ethyl adjacent to an activating group) is 1. The van der Waals surface area contributed by atoms with Gasteiger partial charge in [-0.25, -0.2) is 0 Å². The highest BCUT2D eigenvalue weighted by Crippen LogP contribution is 2.16. The van der Waals surface area contributed by atoms with Crippen molar-refractivity contribution in [2.24, 2.45) is 0 Å².